The van der Waals surface area contributed by atoms with Gasteiger partial charge in [0.2, 0.25) is 0 Å². The molecule has 0 bridgehead atoms. The zero-order valence-electron chi connectivity index (χ0n) is 9.26. The van der Waals surface area contributed by atoms with E-state index in [-0.39, 0.29) is 13.2 Å². The second-order valence-corrected chi connectivity index (χ2v) is 3.50. The fourth-order valence-corrected chi connectivity index (χ4v) is 1.55. The molecule has 0 spiro atoms. The van der Waals surface area contributed by atoms with Crippen LogP contribution in [0.25, 0.3) is 0 Å². The minimum atomic E-state index is 0.0206. The SMILES string of the molecule is Cc1cc(N(CCO)CCO)ccc1N=O. The van der Waals surface area contributed by atoms with E-state index in [9.17, 15) is 4.91 Å². The Morgan fingerprint density at radius 3 is 2.31 bits per heavy atom. The standard InChI is InChI=1S/C11H16N2O3/c1-9-8-10(2-3-11(9)12-16)13(4-6-14)5-7-15/h2-3,8,14-15H,4-7H2,1H3. The van der Waals surface area contributed by atoms with Crippen LogP contribution in [0.5, 0.6) is 0 Å². The number of anilines is 1. The topological polar surface area (TPSA) is 73.1 Å². The summed E-state index contributed by atoms with van der Waals surface area (Å²) < 4.78 is 0. The van der Waals surface area contributed by atoms with E-state index in [0.717, 1.165) is 11.3 Å². The van der Waals surface area contributed by atoms with Crippen LogP contribution in [0.2, 0.25) is 0 Å². The van der Waals surface area contributed by atoms with Gasteiger partial charge in [-0.25, -0.2) is 0 Å². The highest BCUT2D eigenvalue weighted by molar-refractivity contribution is 5.57. The van der Waals surface area contributed by atoms with Gasteiger partial charge >= 0.3 is 0 Å². The molecule has 88 valence electrons. The van der Waals surface area contributed by atoms with E-state index >= 15 is 0 Å². The molecule has 1 aromatic carbocycles. The first-order chi connectivity index (χ1) is 7.72. The summed E-state index contributed by atoms with van der Waals surface area (Å²) in [7, 11) is 0. The van der Waals surface area contributed by atoms with Crippen LogP contribution in [-0.2, 0) is 0 Å². The molecule has 2 N–H and O–H groups in total. The van der Waals surface area contributed by atoms with Crippen LogP contribution in [0.15, 0.2) is 23.4 Å². The smallest absolute Gasteiger partial charge is 0.111 e. The summed E-state index contributed by atoms with van der Waals surface area (Å²) in [5.41, 5.74) is 2.07. The molecule has 0 aliphatic carbocycles. The highest BCUT2D eigenvalue weighted by Gasteiger charge is 2.07. The maximum atomic E-state index is 10.4. The predicted molar refractivity (Wildman–Crippen MR) is 63.0 cm³/mol. The average molecular weight is 224 g/mol. The molecule has 16 heavy (non-hydrogen) atoms. The van der Waals surface area contributed by atoms with E-state index in [1.807, 2.05) is 11.0 Å². The second-order valence-electron chi connectivity index (χ2n) is 3.50. The number of aryl methyl sites for hydroxylation is 1. The van der Waals surface area contributed by atoms with Crippen LogP contribution in [0, 0.1) is 11.8 Å². The lowest BCUT2D eigenvalue weighted by Gasteiger charge is -2.23. The second kappa shape index (κ2) is 6.19. The third-order valence-electron chi connectivity index (χ3n) is 2.38. The molecule has 0 aliphatic rings. The lowest BCUT2D eigenvalue weighted by Crippen LogP contribution is -2.29. The van der Waals surface area contributed by atoms with Crippen LogP contribution in [0.4, 0.5) is 11.4 Å². The van der Waals surface area contributed by atoms with Gasteiger partial charge in [-0.05, 0) is 35.9 Å². The normalized spacial score (nSPS) is 10.2. The molecule has 1 aromatic rings. The minimum absolute atomic E-state index is 0.0206. The summed E-state index contributed by atoms with van der Waals surface area (Å²) in [4.78, 5) is 12.3. The van der Waals surface area contributed by atoms with E-state index < -0.39 is 0 Å². The van der Waals surface area contributed by atoms with Gasteiger partial charge in [0.1, 0.15) is 5.69 Å². The Kier molecular flexibility index (Phi) is 4.88. The number of aliphatic hydroxyl groups is 2. The van der Waals surface area contributed by atoms with Crippen molar-refractivity contribution in [3.8, 4) is 0 Å². The third kappa shape index (κ3) is 3.01. The summed E-state index contributed by atoms with van der Waals surface area (Å²) in [5, 5.41) is 20.7. The number of aliphatic hydroxyl groups excluding tert-OH is 2. The Bertz CT molecular complexity index is 349. The van der Waals surface area contributed by atoms with E-state index in [2.05, 4.69) is 5.18 Å². The van der Waals surface area contributed by atoms with Gasteiger partial charge < -0.3 is 15.1 Å². The number of benzene rings is 1. The van der Waals surface area contributed by atoms with Gasteiger partial charge in [-0.15, -0.1) is 4.91 Å². The van der Waals surface area contributed by atoms with Gasteiger partial charge in [0.05, 0.1) is 13.2 Å². The molecule has 0 fully saturated rings. The first kappa shape index (κ1) is 12.6. The molecule has 5 heteroatoms. The first-order valence-corrected chi connectivity index (χ1v) is 5.13. The van der Waals surface area contributed by atoms with Crippen LogP contribution in [-0.4, -0.2) is 36.5 Å². The monoisotopic (exact) mass is 224 g/mol. The molecule has 0 atom stereocenters. The van der Waals surface area contributed by atoms with Crippen molar-refractivity contribution in [2.45, 2.75) is 6.92 Å². The molecule has 0 radical (unpaired) electrons. The number of nitroso groups, excluding NO2 is 1. The number of hydrogen-bond acceptors (Lipinski definition) is 5. The van der Waals surface area contributed by atoms with E-state index in [4.69, 9.17) is 10.2 Å². The molecule has 0 heterocycles. The Labute approximate surface area is 94.3 Å². The number of hydrogen-bond donors (Lipinski definition) is 2. The zero-order valence-corrected chi connectivity index (χ0v) is 9.26. The molecule has 5 nitrogen and oxygen atoms in total. The molecule has 0 unspecified atom stereocenters. The lowest BCUT2D eigenvalue weighted by molar-refractivity contribution is 0.281. The Morgan fingerprint density at radius 1 is 1.25 bits per heavy atom. The van der Waals surface area contributed by atoms with Gasteiger partial charge in [-0.2, -0.15) is 0 Å². The van der Waals surface area contributed by atoms with Gasteiger partial charge in [-0.3, -0.25) is 0 Å². The fourth-order valence-electron chi connectivity index (χ4n) is 1.55. The van der Waals surface area contributed by atoms with Crippen molar-refractivity contribution in [2.75, 3.05) is 31.2 Å². The summed E-state index contributed by atoms with van der Waals surface area (Å²) >= 11 is 0. The van der Waals surface area contributed by atoms with Crippen molar-refractivity contribution in [3.05, 3.63) is 28.7 Å². The highest BCUT2D eigenvalue weighted by Crippen LogP contribution is 2.24. The molecule has 0 saturated heterocycles. The van der Waals surface area contributed by atoms with Crippen molar-refractivity contribution in [1.82, 2.24) is 0 Å². The van der Waals surface area contributed by atoms with Crippen molar-refractivity contribution in [3.63, 3.8) is 0 Å². The maximum Gasteiger partial charge on any atom is 0.111 e. The molecule has 0 saturated carbocycles. The largest absolute Gasteiger partial charge is 0.395 e. The van der Waals surface area contributed by atoms with Gasteiger partial charge in [-0.1, -0.05) is 0 Å². The summed E-state index contributed by atoms with van der Waals surface area (Å²) in [6, 6.07) is 5.22. The average Bonchev–Trinajstić information content (AvgIpc) is 2.28. The molecule has 0 aliphatic heterocycles. The first-order valence-electron chi connectivity index (χ1n) is 5.13. The molecular formula is C11H16N2O3. The Morgan fingerprint density at radius 2 is 1.88 bits per heavy atom. The fraction of sp³-hybridized carbons (Fsp3) is 0.455. The predicted octanol–water partition coefficient (Wildman–Crippen LogP) is 1.18. The van der Waals surface area contributed by atoms with Crippen LogP contribution < -0.4 is 4.90 Å². The minimum Gasteiger partial charge on any atom is -0.395 e. The van der Waals surface area contributed by atoms with E-state index in [1.54, 1.807) is 19.1 Å². The van der Waals surface area contributed by atoms with E-state index in [1.165, 1.54) is 0 Å². The summed E-state index contributed by atoms with van der Waals surface area (Å²) in [5.74, 6) is 0. The third-order valence-corrected chi connectivity index (χ3v) is 2.38. The lowest BCUT2D eigenvalue weighted by atomic mass is 10.1. The Hall–Kier alpha value is -1.46. The van der Waals surface area contributed by atoms with Crippen molar-refractivity contribution in [2.24, 2.45) is 5.18 Å². The highest BCUT2D eigenvalue weighted by atomic mass is 16.3. The Balaban J connectivity index is 2.91. The van der Waals surface area contributed by atoms with Crippen LogP contribution >= 0.6 is 0 Å². The van der Waals surface area contributed by atoms with Crippen molar-refractivity contribution >= 4 is 11.4 Å². The maximum absolute atomic E-state index is 10.4. The number of rotatable bonds is 6. The van der Waals surface area contributed by atoms with Gasteiger partial charge in [0, 0.05) is 18.8 Å². The summed E-state index contributed by atoms with van der Waals surface area (Å²) in [6.07, 6.45) is 0. The van der Waals surface area contributed by atoms with Crippen LogP contribution in [0.1, 0.15) is 5.56 Å². The summed E-state index contributed by atoms with van der Waals surface area (Å²) in [6.45, 7) is 2.75. The van der Waals surface area contributed by atoms with Crippen molar-refractivity contribution in [1.29, 1.82) is 0 Å². The van der Waals surface area contributed by atoms with Crippen LogP contribution in [0.3, 0.4) is 0 Å². The van der Waals surface area contributed by atoms with Crippen molar-refractivity contribution < 1.29 is 10.2 Å². The molecule has 0 amide bonds. The zero-order chi connectivity index (χ0) is 12.0. The number of nitrogens with zero attached hydrogens (tertiary/aromatic N) is 2. The molecule has 0 aromatic heterocycles. The quantitative estimate of drug-likeness (QED) is 0.712. The van der Waals surface area contributed by atoms with Gasteiger partial charge in [0.25, 0.3) is 0 Å². The molecule has 1 rings (SSSR count). The molecular weight excluding hydrogens is 208 g/mol. The van der Waals surface area contributed by atoms with Gasteiger partial charge in [0.15, 0.2) is 0 Å². The van der Waals surface area contributed by atoms with E-state index in [0.29, 0.717) is 18.8 Å².